The third-order valence-electron chi connectivity index (χ3n) is 4.33. The van der Waals surface area contributed by atoms with E-state index in [0.29, 0.717) is 28.3 Å². The third-order valence-corrected chi connectivity index (χ3v) is 4.33. The fourth-order valence-electron chi connectivity index (χ4n) is 3.15. The normalized spacial score (nSPS) is 16.4. The molecule has 0 aliphatic carbocycles. The SMILES string of the molecule is CNC(=O)c1[nH]nc2c1[C@@H](c1ccc3cccc(O)c3n1)CC(=O)N2. The number of nitrogens with zero attached hydrogens (tertiary/aromatic N) is 2. The number of fused-ring (bicyclic) bond motifs is 2. The fraction of sp³-hybridized carbons (Fsp3) is 0.176. The first-order chi connectivity index (χ1) is 12.1. The Hall–Kier alpha value is -3.42. The second-order valence-corrected chi connectivity index (χ2v) is 5.83. The topological polar surface area (TPSA) is 120 Å². The van der Waals surface area contributed by atoms with Crippen LogP contribution in [0.5, 0.6) is 5.75 Å². The number of aromatic nitrogens is 3. The lowest BCUT2D eigenvalue weighted by Crippen LogP contribution is -2.27. The van der Waals surface area contributed by atoms with Gasteiger partial charge in [-0.15, -0.1) is 0 Å². The van der Waals surface area contributed by atoms with Crippen LogP contribution in [-0.4, -0.2) is 39.1 Å². The van der Waals surface area contributed by atoms with Crippen molar-refractivity contribution in [1.29, 1.82) is 0 Å². The van der Waals surface area contributed by atoms with Crippen LogP contribution in [-0.2, 0) is 4.79 Å². The number of aromatic amines is 1. The number of hydrogen-bond acceptors (Lipinski definition) is 5. The molecule has 3 aromatic rings. The van der Waals surface area contributed by atoms with Gasteiger partial charge in [-0.2, -0.15) is 5.10 Å². The van der Waals surface area contributed by atoms with Gasteiger partial charge in [-0.25, -0.2) is 4.98 Å². The molecule has 0 saturated carbocycles. The summed E-state index contributed by atoms with van der Waals surface area (Å²) in [5.74, 6) is -0.554. The van der Waals surface area contributed by atoms with Crippen molar-refractivity contribution in [2.75, 3.05) is 12.4 Å². The van der Waals surface area contributed by atoms with E-state index in [-0.39, 0.29) is 24.0 Å². The van der Waals surface area contributed by atoms with Gasteiger partial charge < -0.3 is 15.7 Å². The van der Waals surface area contributed by atoms with Gasteiger partial charge in [-0.3, -0.25) is 14.7 Å². The van der Waals surface area contributed by atoms with Crippen LogP contribution >= 0.6 is 0 Å². The minimum Gasteiger partial charge on any atom is -0.506 e. The van der Waals surface area contributed by atoms with E-state index in [1.165, 1.54) is 7.05 Å². The molecule has 25 heavy (non-hydrogen) atoms. The Balaban J connectivity index is 1.89. The average Bonchev–Trinajstić information content (AvgIpc) is 3.04. The molecule has 126 valence electrons. The van der Waals surface area contributed by atoms with Gasteiger partial charge in [-0.1, -0.05) is 18.2 Å². The van der Waals surface area contributed by atoms with Crippen molar-refractivity contribution in [1.82, 2.24) is 20.5 Å². The molecule has 1 aliphatic heterocycles. The highest BCUT2D eigenvalue weighted by molar-refractivity contribution is 6.00. The number of benzene rings is 1. The Morgan fingerprint density at radius 3 is 2.96 bits per heavy atom. The lowest BCUT2D eigenvalue weighted by molar-refractivity contribution is -0.116. The number of anilines is 1. The number of phenolic OH excluding ortho intramolecular Hbond substituents is 1. The van der Waals surface area contributed by atoms with Gasteiger partial charge in [0.1, 0.15) is 17.0 Å². The van der Waals surface area contributed by atoms with Crippen molar-refractivity contribution in [3.8, 4) is 5.75 Å². The molecule has 3 heterocycles. The molecule has 0 fully saturated rings. The number of aromatic hydroxyl groups is 1. The number of nitrogens with one attached hydrogen (secondary N) is 3. The van der Waals surface area contributed by atoms with Gasteiger partial charge in [0.25, 0.3) is 5.91 Å². The Morgan fingerprint density at radius 1 is 1.32 bits per heavy atom. The van der Waals surface area contributed by atoms with Crippen molar-refractivity contribution in [2.24, 2.45) is 0 Å². The molecule has 8 nitrogen and oxygen atoms in total. The number of carbonyl (C=O) groups is 2. The smallest absolute Gasteiger partial charge is 0.269 e. The largest absolute Gasteiger partial charge is 0.506 e. The van der Waals surface area contributed by atoms with E-state index in [1.54, 1.807) is 18.2 Å². The Bertz CT molecular complexity index is 1010. The average molecular weight is 337 g/mol. The highest BCUT2D eigenvalue weighted by Crippen LogP contribution is 2.38. The van der Waals surface area contributed by atoms with E-state index in [1.807, 2.05) is 12.1 Å². The Kier molecular flexibility index (Phi) is 3.38. The number of para-hydroxylation sites is 1. The summed E-state index contributed by atoms with van der Waals surface area (Å²) >= 11 is 0. The van der Waals surface area contributed by atoms with E-state index in [0.717, 1.165) is 5.39 Å². The Morgan fingerprint density at radius 2 is 2.16 bits per heavy atom. The first-order valence-corrected chi connectivity index (χ1v) is 7.77. The van der Waals surface area contributed by atoms with Gasteiger partial charge in [0.05, 0.1) is 0 Å². The molecule has 4 N–H and O–H groups in total. The minimum atomic E-state index is -0.432. The second-order valence-electron chi connectivity index (χ2n) is 5.83. The summed E-state index contributed by atoms with van der Waals surface area (Å²) in [4.78, 5) is 28.7. The molecule has 2 amide bonds. The fourth-order valence-corrected chi connectivity index (χ4v) is 3.15. The quantitative estimate of drug-likeness (QED) is 0.565. The molecule has 1 atom stereocenters. The highest BCUT2D eigenvalue weighted by Gasteiger charge is 2.34. The Labute approximate surface area is 142 Å². The number of hydrogen-bond donors (Lipinski definition) is 4. The summed E-state index contributed by atoms with van der Waals surface area (Å²) in [6, 6.07) is 8.79. The molecule has 0 unspecified atom stereocenters. The number of phenols is 1. The van der Waals surface area contributed by atoms with Crippen LogP contribution in [0.4, 0.5) is 5.82 Å². The van der Waals surface area contributed by atoms with Gasteiger partial charge in [0.2, 0.25) is 5.91 Å². The van der Waals surface area contributed by atoms with E-state index >= 15 is 0 Å². The van der Waals surface area contributed by atoms with Crippen LogP contribution in [0, 0.1) is 0 Å². The standard InChI is InChI=1S/C17H15N5O3/c1-18-17(25)15-13-9(7-12(24)20-16(13)22-21-15)10-6-5-8-3-2-4-11(23)14(8)19-10/h2-6,9,23H,7H2,1H3,(H,18,25)(H2,20,21,22,24)/t9-/m1/s1. The molecule has 0 saturated heterocycles. The summed E-state index contributed by atoms with van der Waals surface area (Å²) in [5, 5.41) is 22.8. The van der Waals surface area contributed by atoms with Gasteiger partial charge in [0.15, 0.2) is 5.82 Å². The summed E-state index contributed by atoms with van der Waals surface area (Å²) in [6.07, 6.45) is 0.141. The summed E-state index contributed by atoms with van der Waals surface area (Å²) < 4.78 is 0. The molecule has 8 heteroatoms. The van der Waals surface area contributed by atoms with Crippen molar-refractivity contribution in [2.45, 2.75) is 12.3 Å². The molecule has 0 radical (unpaired) electrons. The maximum absolute atomic E-state index is 12.1. The summed E-state index contributed by atoms with van der Waals surface area (Å²) in [5.41, 5.74) is 1.94. The van der Waals surface area contributed by atoms with Crippen LogP contribution < -0.4 is 10.6 Å². The van der Waals surface area contributed by atoms with E-state index in [2.05, 4.69) is 25.8 Å². The van der Waals surface area contributed by atoms with E-state index in [9.17, 15) is 14.7 Å². The van der Waals surface area contributed by atoms with Crippen LogP contribution in [0.3, 0.4) is 0 Å². The monoisotopic (exact) mass is 337 g/mol. The molecule has 1 aromatic carbocycles. The van der Waals surface area contributed by atoms with Crippen molar-refractivity contribution < 1.29 is 14.7 Å². The van der Waals surface area contributed by atoms with Gasteiger partial charge in [-0.05, 0) is 12.1 Å². The van der Waals surface area contributed by atoms with Crippen LogP contribution in [0.15, 0.2) is 30.3 Å². The molecule has 0 bridgehead atoms. The van der Waals surface area contributed by atoms with Crippen molar-refractivity contribution in [3.05, 3.63) is 47.3 Å². The molecule has 2 aromatic heterocycles. The number of rotatable bonds is 2. The van der Waals surface area contributed by atoms with Crippen molar-refractivity contribution >= 4 is 28.5 Å². The lowest BCUT2D eigenvalue weighted by Gasteiger charge is -2.22. The van der Waals surface area contributed by atoms with Crippen LogP contribution in [0.2, 0.25) is 0 Å². The predicted molar refractivity (Wildman–Crippen MR) is 90.5 cm³/mol. The van der Waals surface area contributed by atoms with Gasteiger partial charge in [0, 0.05) is 36.0 Å². The molecule has 1 aliphatic rings. The predicted octanol–water partition coefficient (Wildman–Crippen LogP) is 1.50. The van der Waals surface area contributed by atoms with Crippen molar-refractivity contribution in [3.63, 3.8) is 0 Å². The first-order valence-electron chi connectivity index (χ1n) is 7.77. The zero-order valence-corrected chi connectivity index (χ0v) is 13.3. The molecular weight excluding hydrogens is 322 g/mol. The zero-order chi connectivity index (χ0) is 17.6. The van der Waals surface area contributed by atoms with E-state index < -0.39 is 5.92 Å². The molecule has 4 rings (SSSR count). The zero-order valence-electron chi connectivity index (χ0n) is 13.3. The van der Waals surface area contributed by atoms with E-state index in [4.69, 9.17) is 0 Å². The highest BCUT2D eigenvalue weighted by atomic mass is 16.3. The van der Waals surface area contributed by atoms with Crippen LogP contribution in [0.1, 0.15) is 34.1 Å². The summed E-state index contributed by atoms with van der Waals surface area (Å²) in [7, 11) is 1.53. The number of H-pyrrole nitrogens is 1. The number of amides is 2. The second kappa shape index (κ2) is 5.59. The third kappa shape index (κ3) is 2.38. The maximum Gasteiger partial charge on any atom is 0.269 e. The summed E-state index contributed by atoms with van der Waals surface area (Å²) in [6.45, 7) is 0. The lowest BCUT2D eigenvalue weighted by atomic mass is 9.88. The maximum atomic E-state index is 12.1. The molecule has 0 spiro atoms. The first kappa shape index (κ1) is 15.1. The minimum absolute atomic E-state index is 0.0681. The van der Waals surface area contributed by atoms with Gasteiger partial charge >= 0.3 is 0 Å². The number of pyridine rings is 1. The molecular formula is C17H15N5O3. The number of carbonyl (C=O) groups excluding carboxylic acids is 2. The van der Waals surface area contributed by atoms with Crippen LogP contribution in [0.25, 0.3) is 10.9 Å².